The largest absolute Gasteiger partial charge is 0.480 e. The summed E-state index contributed by atoms with van der Waals surface area (Å²) in [5, 5.41) is 8.10. The van der Waals surface area contributed by atoms with Crippen LogP contribution < -0.4 is 0 Å². The van der Waals surface area contributed by atoms with Crippen molar-refractivity contribution in [1.29, 1.82) is 0 Å². The fourth-order valence-electron chi connectivity index (χ4n) is 2.11. The van der Waals surface area contributed by atoms with E-state index in [1.807, 2.05) is 0 Å². The van der Waals surface area contributed by atoms with Crippen LogP contribution in [0.4, 0.5) is 4.39 Å². The third-order valence-electron chi connectivity index (χ3n) is 3.08. The van der Waals surface area contributed by atoms with E-state index in [9.17, 15) is 17.6 Å². The maximum Gasteiger partial charge on any atom is 0.322 e. The van der Waals surface area contributed by atoms with Crippen LogP contribution in [0.3, 0.4) is 0 Å². The molecule has 1 aliphatic heterocycles. The molecule has 110 valence electrons. The molecule has 0 radical (unpaired) electrons. The van der Waals surface area contributed by atoms with Crippen LogP contribution in [0.15, 0.2) is 17.0 Å². The van der Waals surface area contributed by atoms with Crippen LogP contribution in [-0.2, 0) is 14.8 Å². The summed E-state index contributed by atoms with van der Waals surface area (Å²) in [6, 6.07) is 0.983. The van der Waals surface area contributed by atoms with Gasteiger partial charge >= 0.3 is 5.97 Å². The van der Waals surface area contributed by atoms with Crippen LogP contribution in [0.2, 0.25) is 10.0 Å². The molecule has 9 heteroatoms. The quantitative estimate of drug-likeness (QED) is 0.856. The maximum atomic E-state index is 13.6. The Morgan fingerprint density at radius 1 is 1.40 bits per heavy atom. The van der Waals surface area contributed by atoms with Crippen LogP contribution in [0.5, 0.6) is 0 Å². The highest BCUT2D eigenvalue weighted by Crippen LogP contribution is 2.34. The second-order valence-corrected chi connectivity index (χ2v) is 6.93. The van der Waals surface area contributed by atoms with E-state index in [0.717, 1.165) is 16.4 Å². The van der Waals surface area contributed by atoms with Crippen molar-refractivity contribution in [3.8, 4) is 0 Å². The lowest BCUT2D eigenvalue weighted by Gasteiger charge is -2.21. The number of hydrogen-bond donors (Lipinski definition) is 1. The first kappa shape index (κ1) is 15.5. The molecule has 0 aromatic heterocycles. The molecule has 0 bridgehead atoms. The summed E-state index contributed by atoms with van der Waals surface area (Å²) >= 11 is 11.2. The first-order valence-corrected chi connectivity index (χ1v) is 7.84. The van der Waals surface area contributed by atoms with Crippen molar-refractivity contribution in [2.75, 3.05) is 6.54 Å². The van der Waals surface area contributed by atoms with Crippen LogP contribution in [0, 0.1) is 5.82 Å². The summed E-state index contributed by atoms with van der Waals surface area (Å²) in [5.41, 5.74) is 0. The number of halogens is 3. The fourth-order valence-corrected chi connectivity index (χ4v) is 4.48. The smallest absolute Gasteiger partial charge is 0.322 e. The van der Waals surface area contributed by atoms with E-state index in [4.69, 9.17) is 28.3 Å². The van der Waals surface area contributed by atoms with Gasteiger partial charge in [0.05, 0.1) is 10.0 Å². The second-order valence-electron chi connectivity index (χ2n) is 4.29. The van der Waals surface area contributed by atoms with Crippen molar-refractivity contribution < 1.29 is 22.7 Å². The number of carbonyl (C=O) groups is 1. The topological polar surface area (TPSA) is 74.7 Å². The highest BCUT2D eigenvalue weighted by atomic mass is 35.5. The molecular weight excluding hydrogens is 332 g/mol. The van der Waals surface area contributed by atoms with Gasteiger partial charge in [-0.3, -0.25) is 4.79 Å². The van der Waals surface area contributed by atoms with Crippen molar-refractivity contribution in [2.45, 2.75) is 23.8 Å². The number of aliphatic carboxylic acids is 1. The summed E-state index contributed by atoms with van der Waals surface area (Å²) in [6.07, 6.45) is 0.631. The third-order valence-corrected chi connectivity index (χ3v) is 5.80. The number of nitrogens with zero attached hydrogens (tertiary/aromatic N) is 1. The number of hydrogen-bond acceptors (Lipinski definition) is 3. The third kappa shape index (κ3) is 2.50. The number of rotatable bonds is 3. The van der Waals surface area contributed by atoms with Crippen LogP contribution in [-0.4, -0.2) is 36.4 Å². The highest BCUT2D eigenvalue weighted by Gasteiger charge is 2.40. The van der Waals surface area contributed by atoms with Crippen LogP contribution >= 0.6 is 23.2 Å². The lowest BCUT2D eigenvalue weighted by atomic mass is 10.2. The summed E-state index contributed by atoms with van der Waals surface area (Å²) < 4.78 is 39.2. The summed E-state index contributed by atoms with van der Waals surface area (Å²) in [5.74, 6) is -2.28. The summed E-state index contributed by atoms with van der Waals surface area (Å²) in [6.45, 7) is 0.0554. The zero-order chi connectivity index (χ0) is 15.1. The molecule has 0 spiro atoms. The van der Waals surface area contributed by atoms with E-state index in [-0.39, 0.29) is 18.0 Å². The van der Waals surface area contributed by atoms with Crippen molar-refractivity contribution in [3.05, 3.63) is 28.0 Å². The molecule has 1 unspecified atom stereocenters. The average molecular weight is 342 g/mol. The van der Waals surface area contributed by atoms with Gasteiger partial charge in [-0.05, 0) is 25.0 Å². The summed E-state index contributed by atoms with van der Waals surface area (Å²) in [4.78, 5) is 10.6. The maximum absolute atomic E-state index is 13.6. The Labute approximate surface area is 124 Å². The number of sulfonamides is 1. The van der Waals surface area contributed by atoms with Gasteiger partial charge in [0.25, 0.3) is 0 Å². The van der Waals surface area contributed by atoms with Gasteiger partial charge < -0.3 is 5.11 Å². The molecule has 0 amide bonds. The summed E-state index contributed by atoms with van der Waals surface area (Å²) in [7, 11) is -4.18. The van der Waals surface area contributed by atoms with E-state index < -0.39 is 37.8 Å². The molecule has 0 saturated carbocycles. The molecule has 2 rings (SSSR count). The minimum Gasteiger partial charge on any atom is -0.480 e. The lowest BCUT2D eigenvalue weighted by molar-refractivity contribution is -0.140. The number of benzene rings is 1. The Bertz CT molecular complexity index is 665. The minimum atomic E-state index is -4.18. The lowest BCUT2D eigenvalue weighted by Crippen LogP contribution is -2.40. The van der Waals surface area contributed by atoms with Crippen LogP contribution in [0.1, 0.15) is 12.8 Å². The fraction of sp³-hybridized carbons (Fsp3) is 0.364. The second kappa shape index (κ2) is 5.48. The monoisotopic (exact) mass is 341 g/mol. The molecule has 1 atom stereocenters. The molecule has 1 N–H and O–H groups in total. The van der Waals surface area contributed by atoms with Gasteiger partial charge in [0.1, 0.15) is 10.9 Å². The van der Waals surface area contributed by atoms with Gasteiger partial charge in [0, 0.05) is 6.54 Å². The molecule has 1 aromatic rings. The molecule has 1 aromatic carbocycles. The van der Waals surface area contributed by atoms with Gasteiger partial charge in [-0.15, -0.1) is 0 Å². The molecular formula is C11H10Cl2FNO4S. The minimum absolute atomic E-state index is 0.0554. The van der Waals surface area contributed by atoms with E-state index in [2.05, 4.69) is 0 Å². The van der Waals surface area contributed by atoms with Gasteiger partial charge in [0.15, 0.2) is 5.82 Å². The molecule has 5 nitrogen and oxygen atoms in total. The Hall–Kier alpha value is -0.890. The predicted molar refractivity (Wildman–Crippen MR) is 71.0 cm³/mol. The zero-order valence-corrected chi connectivity index (χ0v) is 12.3. The van der Waals surface area contributed by atoms with Gasteiger partial charge in [-0.25, -0.2) is 12.8 Å². The normalized spacial score (nSPS) is 20.2. The molecule has 1 aliphatic rings. The molecule has 1 heterocycles. The Kier molecular flexibility index (Phi) is 4.24. The zero-order valence-electron chi connectivity index (χ0n) is 10.0. The van der Waals surface area contributed by atoms with Crippen molar-refractivity contribution >= 4 is 39.2 Å². The van der Waals surface area contributed by atoms with Gasteiger partial charge in [-0.1, -0.05) is 23.2 Å². The average Bonchev–Trinajstić information content (AvgIpc) is 2.85. The highest BCUT2D eigenvalue weighted by molar-refractivity contribution is 7.89. The SMILES string of the molecule is O=C(O)C1CCCN1S(=O)(=O)c1ccc(Cl)c(F)c1Cl. The van der Waals surface area contributed by atoms with Gasteiger partial charge in [-0.2, -0.15) is 4.31 Å². The molecule has 0 aliphatic carbocycles. The number of carboxylic acid groups (broad SMARTS) is 1. The van der Waals surface area contributed by atoms with Gasteiger partial charge in [0.2, 0.25) is 10.0 Å². The van der Waals surface area contributed by atoms with Crippen molar-refractivity contribution in [1.82, 2.24) is 4.31 Å². The Balaban J connectivity index is 2.51. The number of carboxylic acids is 1. The Morgan fingerprint density at radius 2 is 2.05 bits per heavy atom. The molecule has 1 saturated heterocycles. The first-order chi connectivity index (χ1) is 9.26. The predicted octanol–water partition coefficient (Wildman–Crippen LogP) is 2.37. The van der Waals surface area contributed by atoms with Crippen molar-refractivity contribution in [3.63, 3.8) is 0 Å². The van der Waals surface area contributed by atoms with E-state index in [1.165, 1.54) is 0 Å². The first-order valence-electron chi connectivity index (χ1n) is 5.65. The van der Waals surface area contributed by atoms with Crippen molar-refractivity contribution in [2.24, 2.45) is 0 Å². The molecule has 20 heavy (non-hydrogen) atoms. The van der Waals surface area contributed by atoms with E-state index in [1.54, 1.807) is 0 Å². The van der Waals surface area contributed by atoms with E-state index >= 15 is 0 Å². The standard InChI is InChI=1S/C11H10Cl2FNO4S/c12-6-3-4-8(9(13)10(6)14)20(18,19)15-5-1-2-7(15)11(16)17/h3-4,7H,1-2,5H2,(H,16,17). The van der Waals surface area contributed by atoms with E-state index in [0.29, 0.717) is 6.42 Å². The molecule has 1 fully saturated rings. The van der Waals surface area contributed by atoms with Crippen LogP contribution in [0.25, 0.3) is 0 Å². The Morgan fingerprint density at radius 3 is 2.65 bits per heavy atom.